The number of hydrogen-bond acceptors (Lipinski definition) is 3. The molecule has 0 atom stereocenters. The molecule has 0 fully saturated rings. The van der Waals surface area contributed by atoms with Crippen molar-refractivity contribution in [1.29, 1.82) is 0 Å². The molecule has 0 saturated carbocycles. The second-order valence-corrected chi connectivity index (χ2v) is 4.80. The van der Waals surface area contributed by atoms with Gasteiger partial charge in [0.1, 0.15) is 0 Å². The zero-order chi connectivity index (χ0) is 15.9. The maximum absolute atomic E-state index is 11.9. The molecular weight excluding hydrogens is 278 g/mol. The van der Waals surface area contributed by atoms with Gasteiger partial charge in [0.25, 0.3) is 5.69 Å². The van der Waals surface area contributed by atoms with Crippen LogP contribution in [0.2, 0.25) is 0 Å². The summed E-state index contributed by atoms with van der Waals surface area (Å²) in [5.41, 5.74) is 2.64. The predicted octanol–water partition coefficient (Wildman–Crippen LogP) is 4.36. The second-order valence-electron chi connectivity index (χ2n) is 4.80. The van der Waals surface area contributed by atoms with E-state index in [0.29, 0.717) is 5.56 Å². The van der Waals surface area contributed by atoms with Crippen molar-refractivity contribution >= 4 is 17.5 Å². The fourth-order valence-corrected chi connectivity index (χ4v) is 1.83. The lowest BCUT2D eigenvalue weighted by atomic mass is 10.1. The highest BCUT2D eigenvalue weighted by Crippen LogP contribution is 2.13. The Morgan fingerprint density at radius 1 is 1.00 bits per heavy atom. The van der Waals surface area contributed by atoms with Gasteiger partial charge in [-0.05, 0) is 30.7 Å². The number of non-ortho nitro benzene ring substituents is 1. The van der Waals surface area contributed by atoms with Crippen molar-refractivity contribution in [2.45, 2.75) is 6.92 Å². The van der Waals surface area contributed by atoms with Gasteiger partial charge in [-0.15, -0.1) is 0 Å². The Labute approximate surface area is 128 Å². The van der Waals surface area contributed by atoms with Crippen LogP contribution < -0.4 is 0 Å². The van der Waals surface area contributed by atoms with E-state index in [4.69, 9.17) is 0 Å². The lowest BCUT2D eigenvalue weighted by molar-refractivity contribution is -0.384. The monoisotopic (exact) mass is 293 g/mol. The van der Waals surface area contributed by atoms with Gasteiger partial charge in [-0.1, -0.05) is 48.1 Å². The second kappa shape index (κ2) is 7.13. The molecule has 0 aliphatic rings. The van der Waals surface area contributed by atoms with Crippen LogP contribution in [0.25, 0.3) is 6.08 Å². The first kappa shape index (κ1) is 15.4. The van der Waals surface area contributed by atoms with Crippen LogP contribution in [-0.4, -0.2) is 10.7 Å². The minimum absolute atomic E-state index is 0.0576. The van der Waals surface area contributed by atoms with E-state index >= 15 is 0 Å². The fraction of sp³-hybridized carbons (Fsp3) is 0.0556. The number of allylic oxidation sites excluding steroid dienone is 3. The maximum atomic E-state index is 11.9. The van der Waals surface area contributed by atoms with Crippen molar-refractivity contribution in [3.8, 4) is 0 Å². The molecule has 0 aromatic heterocycles. The minimum atomic E-state index is -0.437. The Bertz CT molecular complexity index is 726. The number of aryl methyl sites for hydroxylation is 1. The maximum Gasteiger partial charge on any atom is 0.269 e. The fourth-order valence-electron chi connectivity index (χ4n) is 1.83. The molecule has 0 amide bonds. The molecule has 0 N–H and O–H groups in total. The first-order valence-corrected chi connectivity index (χ1v) is 6.76. The first-order valence-electron chi connectivity index (χ1n) is 6.76. The van der Waals surface area contributed by atoms with Crippen molar-refractivity contribution in [3.05, 3.63) is 93.6 Å². The largest absolute Gasteiger partial charge is 0.289 e. The number of hydrogen-bond donors (Lipinski definition) is 0. The number of carbonyl (C=O) groups excluding carboxylic acids is 1. The van der Waals surface area contributed by atoms with E-state index in [1.165, 1.54) is 18.2 Å². The molecule has 0 saturated heterocycles. The van der Waals surface area contributed by atoms with Crippen molar-refractivity contribution < 1.29 is 9.72 Å². The summed E-state index contributed by atoms with van der Waals surface area (Å²) in [7, 11) is 0. The molecule has 0 aliphatic carbocycles. The van der Waals surface area contributed by atoms with E-state index in [-0.39, 0.29) is 11.5 Å². The van der Waals surface area contributed by atoms with Crippen molar-refractivity contribution in [3.63, 3.8) is 0 Å². The summed E-state index contributed by atoms with van der Waals surface area (Å²) in [6.07, 6.45) is 6.66. The Morgan fingerprint density at radius 2 is 1.64 bits per heavy atom. The summed E-state index contributed by atoms with van der Waals surface area (Å²) in [6, 6.07) is 13.6. The van der Waals surface area contributed by atoms with Gasteiger partial charge in [-0.25, -0.2) is 0 Å². The molecule has 110 valence electrons. The highest BCUT2D eigenvalue weighted by molar-refractivity contribution is 6.04. The van der Waals surface area contributed by atoms with Crippen LogP contribution in [0.1, 0.15) is 21.5 Å². The van der Waals surface area contributed by atoms with E-state index in [1.54, 1.807) is 42.5 Å². The van der Waals surface area contributed by atoms with Crippen LogP contribution in [0.3, 0.4) is 0 Å². The standard InChI is InChI=1S/C18H15NO3/c1-14-6-10-16(11-7-14)18(20)5-3-2-4-15-8-12-17(13-9-15)19(21)22/h2-13H,1H3. The zero-order valence-electron chi connectivity index (χ0n) is 12.1. The number of nitrogens with zero attached hydrogens (tertiary/aromatic N) is 1. The average molecular weight is 293 g/mol. The van der Waals surface area contributed by atoms with Crippen molar-refractivity contribution in [2.75, 3.05) is 0 Å². The number of benzene rings is 2. The quantitative estimate of drug-likeness (QED) is 0.270. The average Bonchev–Trinajstić information content (AvgIpc) is 2.52. The normalized spacial score (nSPS) is 11.1. The summed E-state index contributed by atoms with van der Waals surface area (Å²) in [5.74, 6) is -0.0617. The van der Waals surface area contributed by atoms with E-state index < -0.39 is 4.92 Å². The van der Waals surface area contributed by atoms with Gasteiger partial charge in [0.15, 0.2) is 5.78 Å². The van der Waals surface area contributed by atoms with Crippen LogP contribution >= 0.6 is 0 Å². The van der Waals surface area contributed by atoms with Gasteiger partial charge < -0.3 is 0 Å². The molecule has 22 heavy (non-hydrogen) atoms. The highest BCUT2D eigenvalue weighted by atomic mass is 16.6. The van der Waals surface area contributed by atoms with Gasteiger partial charge in [-0.2, -0.15) is 0 Å². The lowest BCUT2D eigenvalue weighted by Gasteiger charge is -1.96. The van der Waals surface area contributed by atoms with Crippen molar-refractivity contribution in [2.24, 2.45) is 0 Å². The molecule has 2 rings (SSSR count). The first-order chi connectivity index (χ1) is 10.6. The zero-order valence-corrected chi connectivity index (χ0v) is 12.1. The molecule has 2 aromatic rings. The minimum Gasteiger partial charge on any atom is -0.289 e. The van der Waals surface area contributed by atoms with E-state index in [2.05, 4.69) is 0 Å². The summed E-state index contributed by atoms with van der Waals surface area (Å²) < 4.78 is 0. The van der Waals surface area contributed by atoms with E-state index in [0.717, 1.165) is 11.1 Å². The van der Waals surface area contributed by atoms with Gasteiger partial charge in [-0.3, -0.25) is 14.9 Å². The third-order valence-corrected chi connectivity index (χ3v) is 3.09. The summed E-state index contributed by atoms with van der Waals surface area (Å²) >= 11 is 0. The molecule has 0 spiro atoms. The topological polar surface area (TPSA) is 60.2 Å². The molecule has 0 unspecified atom stereocenters. The number of rotatable bonds is 5. The third-order valence-electron chi connectivity index (χ3n) is 3.09. The predicted molar refractivity (Wildman–Crippen MR) is 86.8 cm³/mol. The molecule has 0 bridgehead atoms. The van der Waals surface area contributed by atoms with Crippen LogP contribution in [0, 0.1) is 17.0 Å². The van der Waals surface area contributed by atoms with Crippen LogP contribution in [0.15, 0.2) is 66.8 Å². The van der Waals surface area contributed by atoms with Gasteiger partial charge in [0, 0.05) is 17.7 Å². The Morgan fingerprint density at radius 3 is 2.23 bits per heavy atom. The number of nitro benzene ring substituents is 1. The van der Waals surface area contributed by atoms with Crippen molar-refractivity contribution in [1.82, 2.24) is 0 Å². The Kier molecular flexibility index (Phi) is 4.98. The van der Waals surface area contributed by atoms with E-state index in [1.807, 2.05) is 19.1 Å². The highest BCUT2D eigenvalue weighted by Gasteiger charge is 2.02. The third kappa shape index (κ3) is 4.24. The molecule has 4 nitrogen and oxygen atoms in total. The Hall–Kier alpha value is -3.01. The number of nitro groups is 1. The molecule has 0 radical (unpaired) electrons. The molecule has 2 aromatic carbocycles. The number of ketones is 1. The number of carbonyl (C=O) groups is 1. The molecular formula is C18H15NO3. The van der Waals surface area contributed by atoms with Gasteiger partial charge >= 0.3 is 0 Å². The van der Waals surface area contributed by atoms with E-state index in [9.17, 15) is 14.9 Å². The van der Waals surface area contributed by atoms with Crippen LogP contribution in [0.4, 0.5) is 5.69 Å². The summed E-state index contributed by atoms with van der Waals surface area (Å²) in [6.45, 7) is 1.97. The SMILES string of the molecule is Cc1ccc(C(=O)C=CC=Cc2ccc([N+](=O)[O-])cc2)cc1. The van der Waals surface area contributed by atoms with Crippen LogP contribution in [0.5, 0.6) is 0 Å². The Balaban J connectivity index is 1.97. The van der Waals surface area contributed by atoms with Crippen LogP contribution in [-0.2, 0) is 0 Å². The lowest BCUT2D eigenvalue weighted by Crippen LogP contribution is -1.93. The summed E-state index contributed by atoms with van der Waals surface area (Å²) in [5, 5.41) is 10.5. The van der Waals surface area contributed by atoms with Gasteiger partial charge in [0.05, 0.1) is 4.92 Å². The molecule has 0 heterocycles. The molecule has 0 aliphatic heterocycles. The summed E-state index contributed by atoms with van der Waals surface area (Å²) in [4.78, 5) is 22.0. The molecule has 4 heteroatoms. The van der Waals surface area contributed by atoms with Gasteiger partial charge in [0.2, 0.25) is 0 Å². The smallest absolute Gasteiger partial charge is 0.269 e.